The third-order valence-corrected chi connectivity index (χ3v) is 9.43. The standard InChI is InChI=1S/C51H38N4O/c1-35(2)38-29-30-52-50(31-38)55-46-24-10-9-21-44(46)45-28-27-41(33-49(45)55)56-40-20-13-19-39(32-40)53-34-54(48-26-12-11-25-47(48)53)51-42(36-15-5-3-6-16-36)22-14-23-43(51)37-17-7-4-8-18-37/h3-33,35H,1-2H3/i3D,4D,5D,6D,7D,8D,9D,10D,15D,16D,17D,18D,21D,24D,27D,28D,35D. The number of para-hydroxylation sites is 4. The van der Waals surface area contributed by atoms with Gasteiger partial charge in [-0.25, -0.2) is 4.98 Å². The van der Waals surface area contributed by atoms with E-state index in [1.54, 1.807) is 79.1 Å². The van der Waals surface area contributed by atoms with Crippen LogP contribution in [-0.4, -0.2) is 14.1 Å². The van der Waals surface area contributed by atoms with Crippen LogP contribution in [-0.2, 0) is 0 Å². The zero-order chi connectivity index (χ0) is 52.4. The Balaban J connectivity index is 1.19. The molecule has 0 aliphatic heterocycles. The zero-order valence-electron chi connectivity index (χ0n) is 46.9. The van der Waals surface area contributed by atoms with Crippen LogP contribution in [0, 0.1) is 6.33 Å². The topological polar surface area (TPSA) is 35.9 Å². The highest BCUT2D eigenvalue weighted by Gasteiger charge is 2.20. The summed E-state index contributed by atoms with van der Waals surface area (Å²) in [7, 11) is 0. The van der Waals surface area contributed by atoms with Gasteiger partial charge in [0, 0.05) is 24.4 Å². The molecule has 0 saturated carbocycles. The average molecular weight is 740 g/mol. The summed E-state index contributed by atoms with van der Waals surface area (Å²) in [5.74, 6) is -0.811. The van der Waals surface area contributed by atoms with Gasteiger partial charge in [0.2, 0.25) is 0 Å². The Kier molecular flexibility index (Phi) is 4.93. The van der Waals surface area contributed by atoms with Crippen molar-refractivity contribution in [1.29, 1.82) is 0 Å². The summed E-state index contributed by atoms with van der Waals surface area (Å²) in [5, 5.41) is 0.0758. The van der Waals surface area contributed by atoms with Crippen LogP contribution < -0.4 is 9.30 Å². The van der Waals surface area contributed by atoms with Gasteiger partial charge >= 0.3 is 0 Å². The van der Waals surface area contributed by atoms with Crippen LogP contribution in [0.4, 0.5) is 0 Å². The fourth-order valence-electron chi connectivity index (χ4n) is 6.89. The van der Waals surface area contributed by atoms with Gasteiger partial charge < -0.3 is 4.74 Å². The van der Waals surface area contributed by atoms with E-state index in [9.17, 15) is 2.74 Å². The molecule has 5 nitrogen and oxygen atoms in total. The molecule has 0 aliphatic rings. The molecule has 0 atom stereocenters. The number of fused-ring (bicyclic) bond motifs is 4. The summed E-state index contributed by atoms with van der Waals surface area (Å²) in [6.45, 7) is 3.38. The van der Waals surface area contributed by atoms with Crippen molar-refractivity contribution < 1.29 is 32.6 Å². The van der Waals surface area contributed by atoms with Crippen molar-refractivity contribution in [3.05, 3.63) is 200 Å². The van der Waals surface area contributed by atoms with Gasteiger partial charge in [-0.05, 0) is 82.2 Å². The van der Waals surface area contributed by atoms with Gasteiger partial charge in [0.1, 0.15) is 17.3 Å². The van der Waals surface area contributed by atoms with Crippen molar-refractivity contribution in [1.82, 2.24) is 14.1 Å². The van der Waals surface area contributed by atoms with Crippen molar-refractivity contribution in [3.8, 4) is 50.9 Å². The van der Waals surface area contributed by atoms with Crippen LogP contribution >= 0.6 is 0 Å². The maximum absolute atomic E-state index is 9.31. The molecule has 268 valence electrons. The van der Waals surface area contributed by atoms with Crippen molar-refractivity contribution in [2.75, 3.05) is 0 Å². The molecule has 0 radical (unpaired) electrons. The third-order valence-electron chi connectivity index (χ3n) is 9.43. The van der Waals surface area contributed by atoms with Gasteiger partial charge in [-0.3, -0.25) is 13.7 Å². The first-order chi connectivity index (χ1) is 34.5. The molecule has 3 aromatic heterocycles. The second-order valence-corrected chi connectivity index (χ2v) is 13.0. The van der Waals surface area contributed by atoms with E-state index in [4.69, 9.17) is 25.3 Å². The molecule has 10 aromatic rings. The highest BCUT2D eigenvalue weighted by atomic mass is 16.5. The smallest absolute Gasteiger partial charge is 0.269 e. The number of imidazole rings is 1. The predicted octanol–water partition coefficient (Wildman–Crippen LogP) is 12.4. The number of ether oxygens (including phenoxy) is 1. The van der Waals surface area contributed by atoms with E-state index < -0.39 is 96.5 Å². The van der Waals surface area contributed by atoms with Crippen LogP contribution in [0.1, 0.15) is 48.6 Å². The Hall–Kier alpha value is -7.24. The van der Waals surface area contributed by atoms with Gasteiger partial charge in [0.15, 0.2) is 0 Å². The molecule has 7 aromatic carbocycles. The molecule has 56 heavy (non-hydrogen) atoms. The van der Waals surface area contributed by atoms with Crippen LogP contribution in [0.5, 0.6) is 11.5 Å². The van der Waals surface area contributed by atoms with Crippen LogP contribution in [0.2, 0.25) is 0 Å². The average Bonchev–Trinajstić information content (AvgIpc) is 3.93. The molecule has 3 heterocycles. The Morgan fingerprint density at radius 2 is 1.34 bits per heavy atom. The molecule has 0 aliphatic carbocycles. The number of rotatable bonds is 8. The highest BCUT2D eigenvalue weighted by molar-refractivity contribution is 6.09. The van der Waals surface area contributed by atoms with Gasteiger partial charge in [-0.15, -0.1) is 0 Å². The van der Waals surface area contributed by atoms with Crippen molar-refractivity contribution in [2.24, 2.45) is 0 Å². The van der Waals surface area contributed by atoms with Gasteiger partial charge in [-0.2, -0.15) is 0 Å². The lowest BCUT2D eigenvalue weighted by Crippen LogP contribution is -2.31. The summed E-state index contributed by atoms with van der Waals surface area (Å²) < 4.78 is 160. The quantitative estimate of drug-likeness (QED) is 0.115. The molecule has 5 heteroatoms. The molecule has 0 spiro atoms. The molecule has 10 rings (SSSR count). The highest BCUT2D eigenvalue weighted by Crippen LogP contribution is 2.37. The number of pyridine rings is 1. The van der Waals surface area contributed by atoms with Crippen LogP contribution in [0.25, 0.3) is 72.3 Å². The molecule has 0 fully saturated rings. The van der Waals surface area contributed by atoms with Crippen molar-refractivity contribution >= 4 is 32.8 Å². The third kappa shape index (κ3) is 5.82. The molecular formula is C51H38N4O. The summed E-state index contributed by atoms with van der Waals surface area (Å²) in [6, 6.07) is 14.5. The van der Waals surface area contributed by atoms with E-state index in [-0.39, 0.29) is 73.1 Å². The lowest BCUT2D eigenvalue weighted by Gasteiger charge is -2.17. The Labute approximate surface area is 349 Å². The normalized spacial score (nSPS) is 16.0. The van der Waals surface area contributed by atoms with Gasteiger partial charge in [-0.1, -0.05) is 141 Å². The Morgan fingerprint density at radius 1 is 0.643 bits per heavy atom. The number of hydrogen-bond donors (Lipinski definition) is 0. The first-order valence-electron chi connectivity index (χ1n) is 26.1. The van der Waals surface area contributed by atoms with Gasteiger partial charge in [0.05, 0.1) is 55.4 Å². The Morgan fingerprint density at radius 3 is 2.11 bits per heavy atom. The minimum atomic E-state index is -1.08. The van der Waals surface area contributed by atoms with E-state index in [0.717, 1.165) is 0 Å². The number of hydrogen-bond acceptors (Lipinski definition) is 2. The van der Waals surface area contributed by atoms with Gasteiger partial charge in [0.25, 0.3) is 6.33 Å². The Bertz CT molecular complexity index is 3880. The summed E-state index contributed by atoms with van der Waals surface area (Å²) in [5.41, 5.74) is 1.96. The van der Waals surface area contributed by atoms with Crippen LogP contribution in [0.15, 0.2) is 188 Å². The minimum absolute atomic E-state index is 0.0107. The lowest BCUT2D eigenvalue weighted by atomic mass is 9.95. The first kappa shape index (κ1) is 19.9. The van der Waals surface area contributed by atoms with E-state index in [0.29, 0.717) is 22.3 Å². The fraction of sp³-hybridized carbons (Fsp3) is 0.0588. The first-order valence-corrected chi connectivity index (χ1v) is 17.6. The molecule has 0 saturated heterocycles. The summed E-state index contributed by atoms with van der Waals surface area (Å²) in [4.78, 5) is 4.55. The monoisotopic (exact) mass is 739 g/mol. The molecular weight excluding hydrogens is 685 g/mol. The maximum atomic E-state index is 9.31. The second-order valence-electron chi connectivity index (χ2n) is 13.0. The number of benzene rings is 7. The van der Waals surface area contributed by atoms with E-state index in [1.165, 1.54) is 39.6 Å². The SMILES string of the molecule is [2H]c1c([2H])c([2H])c(-c2cccc(-c3c([2H])c([2H])c([2H])c([2H])c3[2H])c2-[n+]2[c-]n(-c3cccc(Oc4cc5c(c([2H])c4[2H])c4c([2H])c([2H])c([2H])c([2H])c4n5-c4cc(C([2H])(C)C)ccn4)c3)c3ccccc32)c([2H])c1[2H]. The van der Waals surface area contributed by atoms with Crippen molar-refractivity contribution in [2.45, 2.75) is 19.7 Å². The lowest BCUT2D eigenvalue weighted by molar-refractivity contribution is -0.571. The molecule has 0 amide bonds. The minimum Gasteiger partial charge on any atom is -0.458 e. The van der Waals surface area contributed by atoms with E-state index >= 15 is 0 Å². The summed E-state index contributed by atoms with van der Waals surface area (Å²) >= 11 is 0. The van der Waals surface area contributed by atoms with E-state index in [2.05, 4.69) is 11.3 Å². The van der Waals surface area contributed by atoms with Crippen molar-refractivity contribution in [3.63, 3.8) is 0 Å². The molecule has 0 unspecified atom stereocenters. The fourth-order valence-corrected chi connectivity index (χ4v) is 6.89. The molecule has 0 N–H and O–H groups in total. The largest absolute Gasteiger partial charge is 0.458 e. The zero-order valence-corrected chi connectivity index (χ0v) is 29.9. The second kappa shape index (κ2) is 13.9. The number of aromatic nitrogens is 4. The van der Waals surface area contributed by atoms with Crippen LogP contribution in [0.3, 0.4) is 0 Å². The number of nitrogens with zero attached hydrogens (tertiary/aromatic N) is 4. The molecule has 0 bridgehead atoms. The maximum Gasteiger partial charge on any atom is 0.269 e. The van der Waals surface area contributed by atoms with E-state index in [1.807, 2.05) is 0 Å². The predicted molar refractivity (Wildman–Crippen MR) is 227 cm³/mol. The summed E-state index contributed by atoms with van der Waals surface area (Å²) in [6.07, 6.45) is 4.82.